The maximum atomic E-state index is 13.0. The predicted octanol–water partition coefficient (Wildman–Crippen LogP) is 5.18. The summed E-state index contributed by atoms with van der Waals surface area (Å²) in [5.74, 6) is -0.850. The second kappa shape index (κ2) is 9.70. The Balaban J connectivity index is 2.02. The van der Waals surface area contributed by atoms with Crippen LogP contribution in [0.4, 0.5) is 24.5 Å². The van der Waals surface area contributed by atoms with E-state index in [1.54, 1.807) is 14.0 Å². The molecule has 0 bridgehead atoms. The Morgan fingerprint density at radius 1 is 1.06 bits per heavy atom. The van der Waals surface area contributed by atoms with Crippen LogP contribution < -0.4 is 10.6 Å². The first-order chi connectivity index (χ1) is 14.3. The Labute approximate surface area is 184 Å². The summed E-state index contributed by atoms with van der Waals surface area (Å²) >= 11 is 5.60. The monoisotopic (exact) mass is 455 g/mol. The standard InChI is InChI=1S/C22H25ClF3N3O2/c1-12-8-13(2)20(14(3)9-12)28-19(30)11-29(5)15(4)21(31)27-16-6-7-18(23)17(10-16)22(24,25)26/h6-10,15H,11H2,1-5H3,(H,27,31)(H,28,30). The van der Waals surface area contributed by atoms with E-state index in [0.717, 1.165) is 34.5 Å². The van der Waals surface area contributed by atoms with E-state index in [0.29, 0.717) is 0 Å². The number of halogens is 4. The van der Waals surface area contributed by atoms with Crippen LogP contribution in [0.25, 0.3) is 0 Å². The smallest absolute Gasteiger partial charge is 0.325 e. The fourth-order valence-electron chi connectivity index (χ4n) is 3.19. The van der Waals surface area contributed by atoms with Crippen LogP contribution in [0.2, 0.25) is 5.02 Å². The number of aryl methyl sites for hydroxylation is 3. The van der Waals surface area contributed by atoms with Gasteiger partial charge in [0.2, 0.25) is 11.8 Å². The van der Waals surface area contributed by atoms with E-state index in [9.17, 15) is 22.8 Å². The summed E-state index contributed by atoms with van der Waals surface area (Å²) in [4.78, 5) is 26.5. The number of carbonyl (C=O) groups excluding carboxylic acids is 2. The Hall–Kier alpha value is -2.58. The van der Waals surface area contributed by atoms with Crippen molar-refractivity contribution in [2.24, 2.45) is 0 Å². The zero-order valence-corrected chi connectivity index (χ0v) is 18.7. The van der Waals surface area contributed by atoms with E-state index in [2.05, 4.69) is 10.6 Å². The molecule has 1 atom stereocenters. The van der Waals surface area contributed by atoms with Gasteiger partial charge in [0.25, 0.3) is 0 Å². The van der Waals surface area contributed by atoms with Gasteiger partial charge in [-0.25, -0.2) is 0 Å². The van der Waals surface area contributed by atoms with Crippen molar-refractivity contribution >= 4 is 34.8 Å². The summed E-state index contributed by atoms with van der Waals surface area (Å²) in [6.07, 6.45) is -4.63. The second-order valence-corrected chi connectivity index (χ2v) is 8.00. The number of nitrogens with one attached hydrogen (secondary N) is 2. The normalized spacial score (nSPS) is 12.6. The lowest BCUT2D eigenvalue weighted by atomic mass is 10.1. The quantitative estimate of drug-likeness (QED) is 0.630. The average molecular weight is 456 g/mol. The molecule has 2 aromatic rings. The fourth-order valence-corrected chi connectivity index (χ4v) is 3.41. The van der Waals surface area contributed by atoms with Gasteiger partial charge in [-0.1, -0.05) is 29.3 Å². The van der Waals surface area contributed by atoms with Crippen molar-refractivity contribution in [3.8, 4) is 0 Å². The summed E-state index contributed by atoms with van der Waals surface area (Å²) in [6, 6.07) is 6.30. The third-order valence-corrected chi connectivity index (χ3v) is 5.24. The van der Waals surface area contributed by atoms with Crippen LogP contribution in [-0.2, 0) is 15.8 Å². The predicted molar refractivity (Wildman–Crippen MR) is 116 cm³/mol. The van der Waals surface area contributed by atoms with Crippen molar-refractivity contribution < 1.29 is 22.8 Å². The van der Waals surface area contributed by atoms with Gasteiger partial charge in [0.05, 0.1) is 23.2 Å². The van der Waals surface area contributed by atoms with E-state index in [1.807, 2.05) is 32.9 Å². The number of carbonyl (C=O) groups is 2. The molecular weight excluding hydrogens is 431 g/mol. The van der Waals surface area contributed by atoms with Gasteiger partial charge >= 0.3 is 6.18 Å². The molecule has 2 amide bonds. The number of nitrogens with zero attached hydrogens (tertiary/aromatic N) is 1. The van der Waals surface area contributed by atoms with Crippen molar-refractivity contribution in [1.82, 2.24) is 4.90 Å². The first-order valence-corrected chi connectivity index (χ1v) is 9.93. The zero-order valence-electron chi connectivity index (χ0n) is 17.9. The minimum absolute atomic E-state index is 0.0302. The number of amides is 2. The van der Waals surface area contributed by atoms with Gasteiger partial charge in [-0.15, -0.1) is 0 Å². The number of benzene rings is 2. The molecule has 31 heavy (non-hydrogen) atoms. The Morgan fingerprint density at radius 2 is 1.65 bits per heavy atom. The Kier molecular flexibility index (Phi) is 7.72. The van der Waals surface area contributed by atoms with Crippen molar-refractivity contribution in [1.29, 1.82) is 0 Å². The molecule has 0 heterocycles. The average Bonchev–Trinajstić information content (AvgIpc) is 2.64. The Bertz CT molecular complexity index is 969. The van der Waals surface area contributed by atoms with Crippen LogP contribution in [0.15, 0.2) is 30.3 Å². The number of anilines is 2. The van der Waals surface area contributed by atoms with Crippen molar-refractivity contribution in [3.05, 3.63) is 57.6 Å². The third kappa shape index (κ3) is 6.45. The van der Waals surface area contributed by atoms with Gasteiger partial charge < -0.3 is 10.6 Å². The molecule has 0 radical (unpaired) electrons. The second-order valence-electron chi connectivity index (χ2n) is 7.59. The lowest BCUT2D eigenvalue weighted by Gasteiger charge is -2.24. The largest absolute Gasteiger partial charge is 0.417 e. The van der Waals surface area contributed by atoms with Crippen LogP contribution >= 0.6 is 11.6 Å². The molecule has 0 aliphatic carbocycles. The molecule has 1 unspecified atom stereocenters. The molecule has 9 heteroatoms. The lowest BCUT2D eigenvalue weighted by Crippen LogP contribution is -2.43. The van der Waals surface area contributed by atoms with E-state index in [4.69, 9.17) is 11.6 Å². The summed E-state index contributed by atoms with van der Waals surface area (Å²) in [7, 11) is 1.59. The van der Waals surface area contributed by atoms with E-state index in [-0.39, 0.29) is 18.1 Å². The SMILES string of the molecule is Cc1cc(C)c(NC(=O)CN(C)C(C)C(=O)Nc2ccc(Cl)c(C(F)(F)F)c2)c(C)c1. The highest BCUT2D eigenvalue weighted by Gasteiger charge is 2.33. The van der Waals surface area contributed by atoms with Crippen LogP contribution in [0.5, 0.6) is 0 Å². The lowest BCUT2D eigenvalue weighted by molar-refractivity contribution is -0.137. The zero-order chi connectivity index (χ0) is 23.5. The highest BCUT2D eigenvalue weighted by atomic mass is 35.5. The van der Waals surface area contributed by atoms with Crippen molar-refractivity contribution in [3.63, 3.8) is 0 Å². The van der Waals surface area contributed by atoms with Crippen LogP contribution in [-0.4, -0.2) is 36.3 Å². The molecule has 5 nitrogen and oxygen atoms in total. The minimum atomic E-state index is -4.63. The molecule has 0 aliphatic rings. The molecular formula is C22H25ClF3N3O2. The number of alkyl halides is 3. The van der Waals surface area contributed by atoms with Gasteiger partial charge in [-0.3, -0.25) is 14.5 Å². The first kappa shape index (κ1) is 24.7. The topological polar surface area (TPSA) is 61.4 Å². The molecule has 2 aromatic carbocycles. The van der Waals surface area contributed by atoms with Crippen molar-refractivity contribution in [2.75, 3.05) is 24.2 Å². The maximum Gasteiger partial charge on any atom is 0.417 e. The highest BCUT2D eigenvalue weighted by molar-refractivity contribution is 6.31. The summed E-state index contributed by atoms with van der Waals surface area (Å²) < 4.78 is 39.0. The highest BCUT2D eigenvalue weighted by Crippen LogP contribution is 2.36. The summed E-state index contributed by atoms with van der Waals surface area (Å²) in [5, 5.41) is 4.85. The maximum absolute atomic E-state index is 13.0. The van der Waals surface area contributed by atoms with Crippen LogP contribution in [0.3, 0.4) is 0 Å². The Morgan fingerprint density at radius 3 is 2.19 bits per heavy atom. The molecule has 0 saturated carbocycles. The first-order valence-electron chi connectivity index (χ1n) is 9.55. The molecule has 0 saturated heterocycles. The molecule has 2 rings (SSSR count). The van der Waals surface area contributed by atoms with Crippen LogP contribution in [0.1, 0.15) is 29.2 Å². The van der Waals surface area contributed by atoms with E-state index in [1.165, 1.54) is 11.0 Å². The molecule has 0 spiro atoms. The fraction of sp³-hybridized carbons (Fsp3) is 0.364. The minimum Gasteiger partial charge on any atom is -0.325 e. The van der Waals surface area contributed by atoms with Crippen LogP contribution in [0, 0.1) is 20.8 Å². The van der Waals surface area contributed by atoms with E-state index < -0.39 is 28.7 Å². The summed E-state index contributed by atoms with van der Waals surface area (Å²) in [5.41, 5.74) is 2.62. The third-order valence-electron chi connectivity index (χ3n) is 4.91. The number of likely N-dealkylation sites (N-methyl/N-ethyl adjacent to an activating group) is 1. The molecule has 0 aromatic heterocycles. The molecule has 0 fully saturated rings. The molecule has 2 N–H and O–H groups in total. The molecule has 0 aliphatic heterocycles. The number of hydrogen-bond donors (Lipinski definition) is 2. The van der Waals surface area contributed by atoms with Crippen molar-refractivity contribution in [2.45, 2.75) is 39.9 Å². The molecule has 168 valence electrons. The number of hydrogen-bond acceptors (Lipinski definition) is 3. The van der Waals surface area contributed by atoms with Gasteiger partial charge in [0.15, 0.2) is 0 Å². The summed E-state index contributed by atoms with van der Waals surface area (Å²) in [6.45, 7) is 7.26. The van der Waals surface area contributed by atoms with Gasteiger partial charge in [0.1, 0.15) is 0 Å². The van der Waals surface area contributed by atoms with Gasteiger partial charge in [-0.05, 0) is 64.1 Å². The van der Waals surface area contributed by atoms with Gasteiger partial charge in [-0.2, -0.15) is 13.2 Å². The number of rotatable bonds is 6. The van der Waals surface area contributed by atoms with Gasteiger partial charge in [0, 0.05) is 11.4 Å². The van der Waals surface area contributed by atoms with E-state index >= 15 is 0 Å².